The Kier molecular flexibility index (Phi) is 4.62. The van der Waals surface area contributed by atoms with Crippen molar-refractivity contribution < 1.29 is 9.18 Å². The van der Waals surface area contributed by atoms with Crippen LogP contribution in [0.2, 0.25) is 0 Å². The highest BCUT2D eigenvalue weighted by Crippen LogP contribution is 2.16. The molecule has 0 saturated carbocycles. The first-order valence-electron chi connectivity index (χ1n) is 7.31. The zero-order valence-corrected chi connectivity index (χ0v) is 12.9. The van der Waals surface area contributed by atoms with Gasteiger partial charge in [0, 0.05) is 18.1 Å². The maximum absolute atomic E-state index is 13.6. The van der Waals surface area contributed by atoms with Crippen molar-refractivity contribution in [2.45, 2.75) is 0 Å². The first-order chi connectivity index (χ1) is 12.2. The molecule has 0 aliphatic heterocycles. The summed E-state index contributed by atoms with van der Waals surface area (Å²) in [5.74, 6) is -0.629. The number of hydrogen-bond acceptors (Lipinski definition) is 5. The van der Waals surface area contributed by atoms with Crippen molar-refractivity contribution in [3.63, 3.8) is 0 Å². The molecule has 1 amide bonds. The molecule has 0 radical (unpaired) electrons. The van der Waals surface area contributed by atoms with Gasteiger partial charge >= 0.3 is 0 Å². The molecule has 6 nitrogen and oxygen atoms in total. The van der Waals surface area contributed by atoms with Gasteiger partial charge in [0.1, 0.15) is 5.82 Å². The van der Waals surface area contributed by atoms with Crippen LogP contribution >= 0.6 is 0 Å². The molecule has 1 heterocycles. The molecule has 3 aromatic rings. The molecule has 25 heavy (non-hydrogen) atoms. The highest BCUT2D eigenvalue weighted by atomic mass is 19.1. The van der Waals surface area contributed by atoms with Crippen LogP contribution in [0.1, 0.15) is 15.9 Å². The number of carbonyl (C=O) groups is 1. The SMILES string of the molecule is N#Cc1ccc(NC(=O)c2cnc(Nc3ccccc3F)nc2)cc1. The molecule has 0 saturated heterocycles. The summed E-state index contributed by atoms with van der Waals surface area (Å²) in [7, 11) is 0. The number of nitrogens with one attached hydrogen (secondary N) is 2. The lowest BCUT2D eigenvalue weighted by Gasteiger charge is -2.07. The number of anilines is 3. The Morgan fingerprint density at radius 1 is 1.04 bits per heavy atom. The molecule has 7 heteroatoms. The predicted octanol–water partition coefficient (Wildman–Crippen LogP) is 3.48. The van der Waals surface area contributed by atoms with Crippen LogP contribution < -0.4 is 10.6 Å². The number of aromatic nitrogens is 2. The second kappa shape index (κ2) is 7.19. The van der Waals surface area contributed by atoms with Crippen molar-refractivity contribution in [3.8, 4) is 6.07 Å². The van der Waals surface area contributed by atoms with E-state index in [1.165, 1.54) is 18.5 Å². The van der Waals surface area contributed by atoms with Gasteiger partial charge in [0.2, 0.25) is 5.95 Å². The number of benzene rings is 2. The molecule has 0 unspecified atom stereocenters. The number of rotatable bonds is 4. The average Bonchev–Trinajstić information content (AvgIpc) is 2.65. The normalized spacial score (nSPS) is 9.92. The molecule has 0 aliphatic rings. The van der Waals surface area contributed by atoms with Crippen molar-refractivity contribution in [2.75, 3.05) is 10.6 Å². The van der Waals surface area contributed by atoms with E-state index in [0.717, 1.165) is 0 Å². The van der Waals surface area contributed by atoms with Crippen LogP contribution in [-0.2, 0) is 0 Å². The zero-order valence-electron chi connectivity index (χ0n) is 12.9. The van der Waals surface area contributed by atoms with E-state index >= 15 is 0 Å². The monoisotopic (exact) mass is 333 g/mol. The third kappa shape index (κ3) is 3.95. The van der Waals surface area contributed by atoms with Crippen LogP contribution in [0.25, 0.3) is 0 Å². The molecule has 122 valence electrons. The molecule has 0 fully saturated rings. The third-order valence-corrected chi connectivity index (χ3v) is 3.31. The highest BCUT2D eigenvalue weighted by Gasteiger charge is 2.09. The first kappa shape index (κ1) is 16.1. The number of para-hydroxylation sites is 1. The van der Waals surface area contributed by atoms with Crippen LogP contribution in [0.15, 0.2) is 60.9 Å². The fraction of sp³-hybridized carbons (Fsp3) is 0. The minimum atomic E-state index is -0.422. The molecule has 0 aliphatic carbocycles. The van der Waals surface area contributed by atoms with Crippen molar-refractivity contribution in [3.05, 3.63) is 77.9 Å². The van der Waals surface area contributed by atoms with Gasteiger partial charge in [-0.05, 0) is 36.4 Å². The van der Waals surface area contributed by atoms with Gasteiger partial charge in [-0.3, -0.25) is 4.79 Å². The number of carbonyl (C=O) groups excluding carboxylic acids is 1. The van der Waals surface area contributed by atoms with Gasteiger partial charge in [-0.15, -0.1) is 0 Å². The van der Waals surface area contributed by atoms with Crippen molar-refractivity contribution in [1.29, 1.82) is 5.26 Å². The third-order valence-electron chi connectivity index (χ3n) is 3.31. The van der Waals surface area contributed by atoms with E-state index in [1.54, 1.807) is 42.5 Å². The average molecular weight is 333 g/mol. The minimum Gasteiger partial charge on any atom is -0.322 e. The second-order valence-electron chi connectivity index (χ2n) is 5.04. The maximum atomic E-state index is 13.6. The molecule has 2 N–H and O–H groups in total. The van der Waals surface area contributed by atoms with Gasteiger partial charge in [-0.1, -0.05) is 12.1 Å². The highest BCUT2D eigenvalue weighted by molar-refractivity contribution is 6.03. The van der Waals surface area contributed by atoms with E-state index < -0.39 is 5.82 Å². The molecular formula is C18H12FN5O. The molecular weight excluding hydrogens is 321 g/mol. The molecule has 0 bridgehead atoms. The lowest BCUT2D eigenvalue weighted by molar-refractivity contribution is 0.102. The number of amides is 1. The Morgan fingerprint density at radius 3 is 2.36 bits per heavy atom. The number of nitriles is 1. The van der Waals surface area contributed by atoms with Crippen LogP contribution in [0.4, 0.5) is 21.7 Å². The van der Waals surface area contributed by atoms with E-state index in [1.807, 2.05) is 6.07 Å². The Bertz CT molecular complexity index is 933. The molecule has 0 atom stereocenters. The second-order valence-corrected chi connectivity index (χ2v) is 5.04. The molecule has 3 rings (SSSR count). The van der Waals surface area contributed by atoms with Gasteiger partial charge < -0.3 is 10.6 Å². The topological polar surface area (TPSA) is 90.7 Å². The Balaban J connectivity index is 1.68. The van der Waals surface area contributed by atoms with E-state index in [2.05, 4.69) is 20.6 Å². The number of nitrogens with zero attached hydrogens (tertiary/aromatic N) is 3. The van der Waals surface area contributed by atoms with Crippen molar-refractivity contribution in [1.82, 2.24) is 9.97 Å². The summed E-state index contributed by atoms with van der Waals surface area (Å²) >= 11 is 0. The lowest BCUT2D eigenvalue weighted by atomic mass is 10.2. The quantitative estimate of drug-likeness (QED) is 0.763. The van der Waals surface area contributed by atoms with Crippen LogP contribution in [-0.4, -0.2) is 15.9 Å². The molecule has 0 spiro atoms. The van der Waals surface area contributed by atoms with Gasteiger partial charge in [0.05, 0.1) is 22.9 Å². The van der Waals surface area contributed by atoms with Crippen molar-refractivity contribution in [2.24, 2.45) is 0 Å². The standard InChI is InChI=1S/C18H12FN5O/c19-15-3-1-2-4-16(15)24-18-21-10-13(11-22-18)17(25)23-14-7-5-12(9-20)6-8-14/h1-8,10-11H,(H,23,25)(H,21,22,24). The molecule has 2 aromatic carbocycles. The van der Waals surface area contributed by atoms with Gasteiger partial charge in [0.15, 0.2) is 0 Å². The van der Waals surface area contributed by atoms with E-state index in [0.29, 0.717) is 11.3 Å². The Hall–Kier alpha value is -3.79. The summed E-state index contributed by atoms with van der Waals surface area (Å²) in [6, 6.07) is 14.6. The van der Waals surface area contributed by atoms with E-state index in [4.69, 9.17) is 5.26 Å². The van der Waals surface area contributed by atoms with E-state index in [-0.39, 0.29) is 23.1 Å². The summed E-state index contributed by atoms with van der Waals surface area (Å²) in [4.78, 5) is 20.2. The zero-order chi connectivity index (χ0) is 17.6. The van der Waals surface area contributed by atoms with Gasteiger partial charge in [-0.2, -0.15) is 5.26 Å². The predicted molar refractivity (Wildman–Crippen MR) is 90.8 cm³/mol. The molecule has 1 aromatic heterocycles. The number of hydrogen-bond donors (Lipinski definition) is 2. The van der Waals surface area contributed by atoms with Crippen LogP contribution in [0.3, 0.4) is 0 Å². The van der Waals surface area contributed by atoms with Crippen LogP contribution in [0.5, 0.6) is 0 Å². The summed E-state index contributed by atoms with van der Waals surface area (Å²) in [5.41, 5.74) is 1.56. The largest absolute Gasteiger partial charge is 0.322 e. The van der Waals surface area contributed by atoms with Gasteiger partial charge in [-0.25, -0.2) is 14.4 Å². The lowest BCUT2D eigenvalue weighted by Crippen LogP contribution is -2.13. The van der Waals surface area contributed by atoms with Gasteiger partial charge in [0.25, 0.3) is 5.91 Å². The summed E-state index contributed by atoms with van der Waals surface area (Å²) in [6.45, 7) is 0. The minimum absolute atomic E-state index is 0.181. The Morgan fingerprint density at radius 2 is 1.72 bits per heavy atom. The summed E-state index contributed by atoms with van der Waals surface area (Å²) in [5, 5.41) is 14.2. The first-order valence-corrected chi connectivity index (χ1v) is 7.31. The maximum Gasteiger partial charge on any atom is 0.258 e. The van der Waals surface area contributed by atoms with E-state index in [9.17, 15) is 9.18 Å². The van der Waals surface area contributed by atoms with Crippen LogP contribution in [0, 0.1) is 17.1 Å². The smallest absolute Gasteiger partial charge is 0.258 e. The fourth-order valence-electron chi connectivity index (χ4n) is 2.02. The summed E-state index contributed by atoms with van der Waals surface area (Å²) < 4.78 is 13.6. The summed E-state index contributed by atoms with van der Waals surface area (Å²) in [6.07, 6.45) is 2.68. The number of halogens is 1. The fourth-order valence-corrected chi connectivity index (χ4v) is 2.02. The van der Waals surface area contributed by atoms with Crippen molar-refractivity contribution >= 4 is 23.2 Å². The Labute approximate surface area is 143 Å².